The van der Waals surface area contributed by atoms with Crippen LogP contribution in [0, 0.1) is 5.92 Å². The lowest BCUT2D eigenvalue weighted by atomic mass is 10.1. The highest BCUT2D eigenvalue weighted by atomic mass is 32.2. The molecule has 100 valence electrons. The van der Waals surface area contributed by atoms with Crippen LogP contribution in [-0.4, -0.2) is 22.3 Å². The van der Waals surface area contributed by atoms with E-state index in [4.69, 9.17) is 0 Å². The molecule has 1 N–H and O–H groups in total. The first kappa shape index (κ1) is 13.8. The number of nitrogens with one attached hydrogen (secondary N) is 1. The Morgan fingerprint density at radius 2 is 2.11 bits per heavy atom. The highest BCUT2D eigenvalue weighted by Crippen LogP contribution is 2.34. The molecule has 3 atom stereocenters. The zero-order chi connectivity index (χ0) is 13.1. The topological polar surface area (TPSA) is 29.1 Å². The molecule has 0 heterocycles. The zero-order valence-corrected chi connectivity index (χ0v) is 12.3. The van der Waals surface area contributed by atoms with Gasteiger partial charge in [-0.05, 0) is 36.9 Å². The lowest BCUT2D eigenvalue weighted by molar-refractivity contribution is 0.572. The van der Waals surface area contributed by atoms with Gasteiger partial charge in [0.1, 0.15) is 0 Å². The van der Waals surface area contributed by atoms with Crippen LogP contribution in [0.1, 0.15) is 37.4 Å². The Kier molecular flexibility index (Phi) is 4.57. The van der Waals surface area contributed by atoms with Crippen LogP contribution in [0.15, 0.2) is 24.3 Å². The predicted octanol–water partition coefficient (Wildman–Crippen LogP) is 2.67. The summed E-state index contributed by atoms with van der Waals surface area (Å²) in [5.41, 5.74) is 2.70. The van der Waals surface area contributed by atoms with Gasteiger partial charge in [0, 0.05) is 22.6 Å². The van der Waals surface area contributed by atoms with Crippen LogP contribution in [0.5, 0.6) is 0 Å². The van der Waals surface area contributed by atoms with E-state index < -0.39 is 10.8 Å². The average molecular weight is 265 g/mol. The first-order chi connectivity index (χ1) is 8.63. The third-order valence-electron chi connectivity index (χ3n) is 3.73. The summed E-state index contributed by atoms with van der Waals surface area (Å²) in [4.78, 5) is 0. The molecule has 0 saturated carbocycles. The van der Waals surface area contributed by atoms with Crippen molar-refractivity contribution in [3.8, 4) is 0 Å². The quantitative estimate of drug-likeness (QED) is 0.887. The molecular weight excluding hydrogens is 242 g/mol. The van der Waals surface area contributed by atoms with E-state index >= 15 is 0 Å². The Balaban J connectivity index is 2.10. The van der Waals surface area contributed by atoms with E-state index in [1.807, 2.05) is 7.05 Å². The van der Waals surface area contributed by atoms with Crippen LogP contribution < -0.4 is 5.32 Å². The lowest BCUT2D eigenvalue weighted by Crippen LogP contribution is -2.31. The standard InChI is InChI=1S/C15H23NOS/c1-11(2)8-9-18(17)14-10-12-6-4-5-7-13(12)15(14)16-3/h4-7,11,14-16H,8-10H2,1-3H3. The molecule has 3 heteroatoms. The second-order valence-corrected chi connectivity index (χ2v) is 7.25. The Hall–Kier alpha value is -0.670. The van der Waals surface area contributed by atoms with Crippen LogP contribution >= 0.6 is 0 Å². The molecule has 18 heavy (non-hydrogen) atoms. The molecule has 0 bridgehead atoms. The van der Waals surface area contributed by atoms with Gasteiger partial charge in [-0.2, -0.15) is 0 Å². The number of fused-ring (bicyclic) bond motifs is 1. The minimum Gasteiger partial charge on any atom is -0.312 e. The lowest BCUT2D eigenvalue weighted by Gasteiger charge is -2.19. The van der Waals surface area contributed by atoms with Crippen molar-refractivity contribution in [3.63, 3.8) is 0 Å². The molecule has 1 aliphatic rings. The summed E-state index contributed by atoms with van der Waals surface area (Å²) < 4.78 is 12.5. The smallest absolute Gasteiger partial charge is 0.0583 e. The van der Waals surface area contributed by atoms with Crippen LogP contribution in [0.4, 0.5) is 0 Å². The van der Waals surface area contributed by atoms with Gasteiger partial charge in [0.25, 0.3) is 0 Å². The van der Waals surface area contributed by atoms with Gasteiger partial charge in [0.05, 0.1) is 5.25 Å². The minimum atomic E-state index is -0.735. The van der Waals surface area contributed by atoms with Gasteiger partial charge in [0.15, 0.2) is 0 Å². The summed E-state index contributed by atoms with van der Waals surface area (Å²) in [6.07, 6.45) is 2.00. The summed E-state index contributed by atoms with van der Waals surface area (Å²) in [5.74, 6) is 1.46. The predicted molar refractivity (Wildman–Crippen MR) is 78.2 cm³/mol. The Morgan fingerprint density at radius 3 is 2.78 bits per heavy atom. The fourth-order valence-electron chi connectivity index (χ4n) is 2.65. The van der Waals surface area contributed by atoms with Crippen molar-refractivity contribution < 1.29 is 4.21 Å². The van der Waals surface area contributed by atoms with E-state index in [9.17, 15) is 4.21 Å². The van der Waals surface area contributed by atoms with E-state index in [0.29, 0.717) is 5.92 Å². The molecular formula is C15H23NOS. The maximum Gasteiger partial charge on any atom is 0.0583 e. The highest BCUT2D eigenvalue weighted by Gasteiger charge is 2.34. The van der Waals surface area contributed by atoms with Crippen molar-refractivity contribution in [3.05, 3.63) is 35.4 Å². The average Bonchev–Trinajstić information content (AvgIpc) is 2.74. The maximum atomic E-state index is 12.5. The summed E-state index contributed by atoms with van der Waals surface area (Å²) in [6, 6.07) is 8.73. The molecule has 2 nitrogen and oxygen atoms in total. The molecule has 1 aromatic rings. The molecule has 0 aromatic heterocycles. The fraction of sp³-hybridized carbons (Fsp3) is 0.600. The summed E-state index contributed by atoms with van der Waals surface area (Å²) in [7, 11) is 1.24. The van der Waals surface area contributed by atoms with E-state index in [1.54, 1.807) is 0 Å². The fourth-order valence-corrected chi connectivity index (χ4v) is 4.61. The van der Waals surface area contributed by atoms with Gasteiger partial charge in [-0.25, -0.2) is 0 Å². The Morgan fingerprint density at radius 1 is 1.39 bits per heavy atom. The van der Waals surface area contributed by atoms with Crippen molar-refractivity contribution in [1.29, 1.82) is 0 Å². The molecule has 0 radical (unpaired) electrons. The van der Waals surface area contributed by atoms with Crippen molar-refractivity contribution in [2.24, 2.45) is 5.92 Å². The monoisotopic (exact) mass is 265 g/mol. The van der Waals surface area contributed by atoms with E-state index in [0.717, 1.165) is 18.6 Å². The number of hydrogen-bond acceptors (Lipinski definition) is 2. The molecule has 0 saturated heterocycles. The molecule has 0 spiro atoms. The normalized spacial score (nSPS) is 24.2. The van der Waals surface area contributed by atoms with E-state index in [1.165, 1.54) is 11.1 Å². The second kappa shape index (κ2) is 5.98. The maximum absolute atomic E-state index is 12.5. The van der Waals surface area contributed by atoms with Gasteiger partial charge in [0.2, 0.25) is 0 Å². The SMILES string of the molecule is CNC1c2ccccc2CC1S(=O)CCC(C)C. The van der Waals surface area contributed by atoms with Gasteiger partial charge < -0.3 is 5.32 Å². The Labute approximate surface area is 113 Å². The van der Waals surface area contributed by atoms with Gasteiger partial charge in [-0.1, -0.05) is 38.1 Å². The van der Waals surface area contributed by atoms with Gasteiger partial charge in [-0.15, -0.1) is 0 Å². The number of hydrogen-bond donors (Lipinski definition) is 1. The van der Waals surface area contributed by atoms with E-state index in [2.05, 4.69) is 43.4 Å². The minimum absolute atomic E-state index is 0.242. The van der Waals surface area contributed by atoms with Gasteiger partial charge in [-0.3, -0.25) is 4.21 Å². The third kappa shape index (κ3) is 2.83. The Bertz CT molecular complexity index is 430. The molecule has 1 aromatic carbocycles. The van der Waals surface area contributed by atoms with Crippen molar-refractivity contribution in [2.75, 3.05) is 12.8 Å². The summed E-state index contributed by atoms with van der Waals surface area (Å²) in [6.45, 7) is 4.38. The molecule has 0 aliphatic heterocycles. The number of benzene rings is 1. The largest absolute Gasteiger partial charge is 0.312 e. The zero-order valence-electron chi connectivity index (χ0n) is 11.5. The first-order valence-electron chi connectivity index (χ1n) is 6.75. The third-order valence-corrected chi connectivity index (χ3v) is 5.48. The summed E-state index contributed by atoms with van der Waals surface area (Å²) in [5, 5.41) is 3.59. The molecule has 2 rings (SSSR count). The highest BCUT2D eigenvalue weighted by molar-refractivity contribution is 7.85. The molecule has 3 unspecified atom stereocenters. The van der Waals surface area contributed by atoms with Crippen molar-refractivity contribution in [1.82, 2.24) is 5.32 Å². The van der Waals surface area contributed by atoms with Crippen molar-refractivity contribution >= 4 is 10.8 Å². The number of rotatable bonds is 5. The van der Waals surface area contributed by atoms with Crippen LogP contribution in [0.2, 0.25) is 0 Å². The van der Waals surface area contributed by atoms with Gasteiger partial charge >= 0.3 is 0 Å². The van der Waals surface area contributed by atoms with Crippen LogP contribution in [-0.2, 0) is 17.2 Å². The summed E-state index contributed by atoms with van der Waals surface area (Å²) >= 11 is 0. The van der Waals surface area contributed by atoms with Crippen LogP contribution in [0.25, 0.3) is 0 Å². The molecule has 1 aliphatic carbocycles. The molecule has 0 amide bonds. The van der Waals surface area contributed by atoms with Crippen LogP contribution in [0.3, 0.4) is 0 Å². The first-order valence-corrected chi connectivity index (χ1v) is 8.14. The second-order valence-electron chi connectivity index (χ2n) is 5.48. The van der Waals surface area contributed by atoms with Crippen molar-refractivity contribution in [2.45, 2.75) is 38.0 Å². The molecule has 0 fully saturated rings. The van der Waals surface area contributed by atoms with E-state index in [-0.39, 0.29) is 11.3 Å².